The van der Waals surface area contributed by atoms with E-state index in [9.17, 15) is 14.4 Å². The number of rotatable bonds is 60. The summed E-state index contributed by atoms with van der Waals surface area (Å²) in [7, 11) is 0. The Morgan fingerprint density at radius 2 is 0.506 bits per heavy atom. The Hall–Kier alpha value is -3.41. The Bertz CT molecular complexity index is 1470. The van der Waals surface area contributed by atoms with Gasteiger partial charge in [0.15, 0.2) is 6.10 Å². The standard InChI is InChI=1S/C71H124O6/c1-4-7-10-13-16-19-22-25-28-30-32-34-35-37-38-40-43-46-49-52-55-58-61-64-70(73)76-67-68(66-75-69(72)63-60-57-54-51-48-45-42-27-24-21-18-15-12-9-6-3)77-71(74)65-62-59-56-53-50-47-44-41-39-36-33-31-29-26-23-20-17-14-11-8-5-2/h9,12,18,21,23,26-27,30-33,42,48,51,68H,4-8,10-11,13-17,19-20,22,24-25,28-29,34-41,43-47,49-50,52-67H2,1-3H3/b12-9-,21-18-,26-23-,32-30-,33-31-,42-27-,51-48-. The molecule has 0 bridgehead atoms. The van der Waals surface area contributed by atoms with Gasteiger partial charge in [0.25, 0.3) is 0 Å². The molecular formula is C71H124O6. The fourth-order valence-electron chi connectivity index (χ4n) is 9.40. The van der Waals surface area contributed by atoms with Gasteiger partial charge in [0.05, 0.1) is 0 Å². The molecule has 0 saturated carbocycles. The van der Waals surface area contributed by atoms with E-state index in [0.717, 1.165) is 89.9 Å². The van der Waals surface area contributed by atoms with Gasteiger partial charge in [0.2, 0.25) is 0 Å². The summed E-state index contributed by atoms with van der Waals surface area (Å²) in [6, 6.07) is 0. The van der Waals surface area contributed by atoms with Crippen molar-refractivity contribution < 1.29 is 28.6 Å². The molecule has 1 atom stereocenters. The van der Waals surface area contributed by atoms with Crippen molar-refractivity contribution in [3.05, 3.63) is 85.1 Å². The van der Waals surface area contributed by atoms with Gasteiger partial charge < -0.3 is 14.2 Å². The third-order valence-electron chi connectivity index (χ3n) is 14.4. The number of allylic oxidation sites excluding steroid dienone is 14. The maximum Gasteiger partial charge on any atom is 0.306 e. The van der Waals surface area contributed by atoms with E-state index in [1.807, 2.05) is 0 Å². The third-order valence-corrected chi connectivity index (χ3v) is 14.4. The second-order valence-electron chi connectivity index (χ2n) is 22.0. The van der Waals surface area contributed by atoms with Crippen molar-refractivity contribution >= 4 is 17.9 Å². The molecule has 0 spiro atoms. The molecule has 1 unspecified atom stereocenters. The molecule has 0 saturated heterocycles. The van der Waals surface area contributed by atoms with Gasteiger partial charge in [-0.05, 0) is 116 Å². The van der Waals surface area contributed by atoms with Gasteiger partial charge >= 0.3 is 17.9 Å². The molecule has 0 aromatic rings. The SMILES string of the molecule is CC/C=C\C/C=C\C/C=C\C/C=C\CCCCC(=O)OCC(COC(=O)CCCCCCCCCCCCC/C=C\CCCCCCCCCC)OC(=O)CCCCCCCCCCC/C=C\C/C=C\CCCCCCC. The highest BCUT2D eigenvalue weighted by Crippen LogP contribution is 2.16. The van der Waals surface area contributed by atoms with E-state index in [4.69, 9.17) is 14.2 Å². The smallest absolute Gasteiger partial charge is 0.306 e. The summed E-state index contributed by atoms with van der Waals surface area (Å²) in [5.74, 6) is -0.926. The fraction of sp³-hybridized carbons (Fsp3) is 0.761. The Labute approximate surface area is 477 Å². The molecule has 0 aliphatic heterocycles. The molecule has 0 amide bonds. The van der Waals surface area contributed by atoms with E-state index in [1.54, 1.807) is 0 Å². The Morgan fingerprint density at radius 1 is 0.273 bits per heavy atom. The van der Waals surface area contributed by atoms with Gasteiger partial charge in [0, 0.05) is 19.3 Å². The number of unbranched alkanes of at least 4 members (excludes halogenated alkanes) is 35. The van der Waals surface area contributed by atoms with Crippen molar-refractivity contribution in [1.29, 1.82) is 0 Å². The molecule has 444 valence electrons. The highest BCUT2D eigenvalue weighted by Gasteiger charge is 2.19. The van der Waals surface area contributed by atoms with Crippen LogP contribution in [-0.4, -0.2) is 37.2 Å². The summed E-state index contributed by atoms with van der Waals surface area (Å²) >= 11 is 0. The van der Waals surface area contributed by atoms with E-state index in [0.29, 0.717) is 19.3 Å². The molecule has 6 nitrogen and oxygen atoms in total. The summed E-state index contributed by atoms with van der Waals surface area (Å²) in [5, 5.41) is 0. The van der Waals surface area contributed by atoms with Gasteiger partial charge in [-0.3, -0.25) is 14.4 Å². The summed E-state index contributed by atoms with van der Waals surface area (Å²) < 4.78 is 16.9. The predicted molar refractivity (Wildman–Crippen MR) is 334 cm³/mol. The van der Waals surface area contributed by atoms with E-state index < -0.39 is 6.10 Å². The lowest BCUT2D eigenvalue weighted by molar-refractivity contribution is -0.167. The van der Waals surface area contributed by atoms with Crippen molar-refractivity contribution in [2.45, 2.75) is 335 Å². The first-order valence-corrected chi connectivity index (χ1v) is 33.1. The minimum Gasteiger partial charge on any atom is -0.462 e. The average molecular weight is 1070 g/mol. The van der Waals surface area contributed by atoms with Crippen LogP contribution in [0.25, 0.3) is 0 Å². The normalized spacial score (nSPS) is 12.6. The molecule has 0 aliphatic carbocycles. The number of ether oxygens (including phenoxy) is 3. The number of carbonyl (C=O) groups excluding carboxylic acids is 3. The Balaban J connectivity index is 4.37. The lowest BCUT2D eigenvalue weighted by Crippen LogP contribution is -2.30. The summed E-state index contributed by atoms with van der Waals surface area (Å²) in [6.45, 7) is 6.51. The number of esters is 3. The van der Waals surface area contributed by atoms with Crippen LogP contribution in [0.4, 0.5) is 0 Å². The highest BCUT2D eigenvalue weighted by molar-refractivity contribution is 5.71. The predicted octanol–water partition coefficient (Wildman–Crippen LogP) is 22.7. The molecule has 0 radical (unpaired) electrons. The van der Waals surface area contributed by atoms with E-state index >= 15 is 0 Å². The molecule has 0 heterocycles. The first-order chi connectivity index (χ1) is 38.0. The topological polar surface area (TPSA) is 78.9 Å². The molecule has 0 aromatic heterocycles. The summed E-state index contributed by atoms with van der Waals surface area (Å²) in [5.41, 5.74) is 0. The first-order valence-electron chi connectivity index (χ1n) is 33.1. The minimum atomic E-state index is -0.798. The summed E-state index contributed by atoms with van der Waals surface area (Å²) in [6.07, 6.45) is 86.0. The first kappa shape index (κ1) is 73.6. The monoisotopic (exact) mass is 1070 g/mol. The quantitative estimate of drug-likeness (QED) is 0.0261. The second kappa shape index (κ2) is 65.1. The molecule has 0 rings (SSSR count). The second-order valence-corrected chi connectivity index (χ2v) is 22.0. The lowest BCUT2D eigenvalue weighted by Gasteiger charge is -2.18. The van der Waals surface area contributed by atoms with Crippen molar-refractivity contribution in [3.63, 3.8) is 0 Å². The average Bonchev–Trinajstić information content (AvgIpc) is 3.43. The Morgan fingerprint density at radius 3 is 0.831 bits per heavy atom. The third kappa shape index (κ3) is 63.3. The zero-order chi connectivity index (χ0) is 55.7. The van der Waals surface area contributed by atoms with E-state index in [2.05, 4.69) is 106 Å². The van der Waals surface area contributed by atoms with Crippen LogP contribution in [-0.2, 0) is 28.6 Å². The van der Waals surface area contributed by atoms with Crippen molar-refractivity contribution in [3.8, 4) is 0 Å². The lowest BCUT2D eigenvalue weighted by atomic mass is 10.0. The summed E-state index contributed by atoms with van der Waals surface area (Å²) in [4.78, 5) is 38.3. The minimum absolute atomic E-state index is 0.0906. The molecule has 0 aliphatic rings. The largest absolute Gasteiger partial charge is 0.462 e. The van der Waals surface area contributed by atoms with Crippen molar-refractivity contribution in [1.82, 2.24) is 0 Å². The van der Waals surface area contributed by atoms with E-state index in [-0.39, 0.29) is 31.1 Å². The maximum atomic E-state index is 12.9. The molecular weight excluding hydrogens is 949 g/mol. The number of hydrogen-bond donors (Lipinski definition) is 0. The van der Waals surface area contributed by atoms with Crippen LogP contribution < -0.4 is 0 Å². The van der Waals surface area contributed by atoms with Crippen LogP contribution in [0.5, 0.6) is 0 Å². The molecule has 6 heteroatoms. The Kier molecular flexibility index (Phi) is 62.2. The van der Waals surface area contributed by atoms with Crippen LogP contribution >= 0.6 is 0 Å². The van der Waals surface area contributed by atoms with Crippen molar-refractivity contribution in [2.24, 2.45) is 0 Å². The highest BCUT2D eigenvalue weighted by atomic mass is 16.6. The number of hydrogen-bond acceptors (Lipinski definition) is 6. The van der Waals surface area contributed by atoms with Gasteiger partial charge in [-0.25, -0.2) is 0 Å². The van der Waals surface area contributed by atoms with E-state index in [1.165, 1.54) is 199 Å². The van der Waals surface area contributed by atoms with Crippen LogP contribution in [0.3, 0.4) is 0 Å². The zero-order valence-corrected chi connectivity index (χ0v) is 51.0. The molecule has 0 fully saturated rings. The molecule has 77 heavy (non-hydrogen) atoms. The van der Waals surface area contributed by atoms with Crippen LogP contribution in [0.1, 0.15) is 329 Å². The van der Waals surface area contributed by atoms with Gasteiger partial charge in [-0.15, -0.1) is 0 Å². The van der Waals surface area contributed by atoms with Crippen LogP contribution in [0, 0.1) is 0 Å². The van der Waals surface area contributed by atoms with Gasteiger partial charge in [-0.2, -0.15) is 0 Å². The number of carbonyl (C=O) groups is 3. The van der Waals surface area contributed by atoms with Crippen molar-refractivity contribution in [2.75, 3.05) is 13.2 Å². The zero-order valence-electron chi connectivity index (χ0n) is 51.0. The fourth-order valence-corrected chi connectivity index (χ4v) is 9.40. The van der Waals surface area contributed by atoms with Gasteiger partial charge in [0.1, 0.15) is 13.2 Å². The van der Waals surface area contributed by atoms with Crippen LogP contribution in [0.15, 0.2) is 85.1 Å². The molecule has 0 aromatic carbocycles. The molecule has 0 N–H and O–H groups in total. The van der Waals surface area contributed by atoms with Crippen LogP contribution in [0.2, 0.25) is 0 Å². The maximum absolute atomic E-state index is 12.9. The van der Waals surface area contributed by atoms with Gasteiger partial charge in [-0.1, -0.05) is 279 Å².